The molecule has 20 heavy (non-hydrogen) atoms. The van der Waals surface area contributed by atoms with Gasteiger partial charge in [0.15, 0.2) is 0 Å². The van der Waals surface area contributed by atoms with E-state index in [2.05, 4.69) is 10.1 Å². The number of amides is 1. The van der Waals surface area contributed by atoms with Crippen LogP contribution in [0.25, 0.3) is 0 Å². The van der Waals surface area contributed by atoms with Gasteiger partial charge in [0.25, 0.3) is 0 Å². The van der Waals surface area contributed by atoms with Crippen LogP contribution in [0.2, 0.25) is 0 Å². The summed E-state index contributed by atoms with van der Waals surface area (Å²) in [6.07, 6.45) is 0.836. The van der Waals surface area contributed by atoms with Gasteiger partial charge < -0.3 is 0 Å². The minimum absolute atomic E-state index is 0. The molecule has 0 saturated heterocycles. The molecule has 0 aromatic heterocycles. The molecule has 1 aromatic rings. The third kappa shape index (κ3) is 7.22. The Bertz CT molecular complexity index is 475. The smallest absolute Gasteiger partial charge is 0.240 e. The molecule has 7 heteroatoms. The molecular weight excluding hydrogens is 278 g/mol. The number of hydrazine groups is 1. The monoisotopic (exact) mass is 303 g/mol. The lowest BCUT2D eigenvalue weighted by atomic mass is 10.1. The second-order valence-corrected chi connectivity index (χ2v) is 5.73. The summed E-state index contributed by atoms with van der Waals surface area (Å²) in [6, 6.07) is 8.24. The molecule has 0 fully saturated rings. The predicted molar refractivity (Wildman–Crippen MR) is 81.2 cm³/mol. The maximum Gasteiger partial charge on any atom is 0.240 e. The SMILES string of the molecule is C.CCC(C)C(=O)NN.CNS(=O)(=O)c1ccccc1. The van der Waals surface area contributed by atoms with E-state index >= 15 is 0 Å². The van der Waals surface area contributed by atoms with E-state index in [0.29, 0.717) is 4.90 Å². The number of carbonyl (C=O) groups is 1. The molecular formula is C13H25N3O3S. The van der Waals surface area contributed by atoms with Crippen LogP contribution in [0.3, 0.4) is 0 Å². The quantitative estimate of drug-likeness (QED) is 0.442. The van der Waals surface area contributed by atoms with Crippen molar-refractivity contribution in [2.75, 3.05) is 7.05 Å². The van der Waals surface area contributed by atoms with Crippen LogP contribution in [-0.2, 0) is 14.8 Å². The van der Waals surface area contributed by atoms with E-state index in [0.717, 1.165) is 6.42 Å². The van der Waals surface area contributed by atoms with Crippen LogP contribution in [0.15, 0.2) is 35.2 Å². The molecule has 4 N–H and O–H groups in total. The number of carbonyl (C=O) groups excluding carboxylic acids is 1. The molecule has 0 aliphatic rings. The molecule has 116 valence electrons. The fraction of sp³-hybridized carbons (Fsp3) is 0.462. The summed E-state index contributed by atoms with van der Waals surface area (Å²) in [5.41, 5.74) is 2.08. The third-order valence-corrected chi connectivity index (χ3v) is 3.95. The Hall–Kier alpha value is -1.44. The number of sulfonamides is 1. The van der Waals surface area contributed by atoms with Crippen molar-refractivity contribution in [3.63, 3.8) is 0 Å². The molecule has 0 aliphatic carbocycles. The van der Waals surface area contributed by atoms with Crippen LogP contribution in [-0.4, -0.2) is 21.4 Å². The van der Waals surface area contributed by atoms with E-state index < -0.39 is 10.0 Å². The second kappa shape index (κ2) is 10.4. The molecule has 0 bridgehead atoms. The Labute approximate surface area is 121 Å². The molecule has 1 rings (SSSR count). The lowest BCUT2D eigenvalue weighted by molar-refractivity contribution is -0.124. The first-order valence-electron chi connectivity index (χ1n) is 5.88. The number of hydrogen-bond acceptors (Lipinski definition) is 4. The zero-order valence-corrected chi connectivity index (χ0v) is 12.2. The average Bonchev–Trinajstić information content (AvgIpc) is 2.47. The first-order chi connectivity index (χ1) is 8.88. The number of rotatable bonds is 4. The van der Waals surface area contributed by atoms with E-state index in [-0.39, 0.29) is 19.3 Å². The molecule has 1 unspecified atom stereocenters. The first-order valence-corrected chi connectivity index (χ1v) is 7.36. The van der Waals surface area contributed by atoms with Crippen molar-refractivity contribution in [2.24, 2.45) is 11.8 Å². The Kier molecular flexibility index (Phi) is 10.8. The predicted octanol–water partition coefficient (Wildman–Crippen LogP) is 1.25. The minimum Gasteiger partial charge on any atom is -0.294 e. The lowest BCUT2D eigenvalue weighted by Crippen LogP contribution is -2.34. The Morgan fingerprint density at radius 1 is 1.30 bits per heavy atom. The van der Waals surface area contributed by atoms with E-state index in [1.807, 2.05) is 13.8 Å². The van der Waals surface area contributed by atoms with Gasteiger partial charge >= 0.3 is 0 Å². The third-order valence-electron chi connectivity index (χ3n) is 2.52. The van der Waals surface area contributed by atoms with E-state index in [1.165, 1.54) is 7.05 Å². The minimum atomic E-state index is -3.25. The van der Waals surface area contributed by atoms with E-state index in [1.54, 1.807) is 30.3 Å². The summed E-state index contributed by atoms with van der Waals surface area (Å²) in [4.78, 5) is 10.8. The average molecular weight is 303 g/mol. The van der Waals surface area contributed by atoms with Crippen molar-refractivity contribution in [3.8, 4) is 0 Å². The Balaban J connectivity index is 0. The topological polar surface area (TPSA) is 101 Å². The zero-order valence-electron chi connectivity index (χ0n) is 11.4. The van der Waals surface area contributed by atoms with Gasteiger partial charge in [-0.3, -0.25) is 10.2 Å². The van der Waals surface area contributed by atoms with Crippen LogP contribution in [0.1, 0.15) is 27.7 Å². The molecule has 0 spiro atoms. The van der Waals surface area contributed by atoms with Crippen LogP contribution in [0.5, 0.6) is 0 Å². The zero-order chi connectivity index (χ0) is 14.9. The molecule has 6 nitrogen and oxygen atoms in total. The summed E-state index contributed by atoms with van der Waals surface area (Å²) in [5.74, 6) is 4.80. The van der Waals surface area contributed by atoms with Crippen molar-refractivity contribution in [2.45, 2.75) is 32.6 Å². The second-order valence-electron chi connectivity index (χ2n) is 3.84. The number of hydrogen-bond donors (Lipinski definition) is 3. The highest BCUT2D eigenvalue weighted by atomic mass is 32.2. The first kappa shape index (κ1) is 20.9. The van der Waals surface area contributed by atoms with Gasteiger partial charge in [0.1, 0.15) is 0 Å². The van der Waals surface area contributed by atoms with Gasteiger partial charge in [0.2, 0.25) is 15.9 Å². The van der Waals surface area contributed by atoms with Gasteiger partial charge in [-0.15, -0.1) is 0 Å². The van der Waals surface area contributed by atoms with Crippen molar-refractivity contribution in [1.82, 2.24) is 10.1 Å². The number of nitrogens with one attached hydrogen (secondary N) is 2. The van der Waals surface area contributed by atoms with Gasteiger partial charge in [-0.2, -0.15) is 0 Å². The molecule has 0 radical (unpaired) electrons. The normalized spacial score (nSPS) is 11.4. The fourth-order valence-corrected chi connectivity index (χ4v) is 1.80. The highest BCUT2D eigenvalue weighted by molar-refractivity contribution is 7.89. The van der Waals surface area contributed by atoms with Gasteiger partial charge in [-0.1, -0.05) is 39.5 Å². The fourth-order valence-electron chi connectivity index (χ4n) is 1.05. The Morgan fingerprint density at radius 3 is 2.10 bits per heavy atom. The maximum absolute atomic E-state index is 11.1. The molecule has 0 heterocycles. The highest BCUT2D eigenvalue weighted by Crippen LogP contribution is 2.05. The number of nitrogens with two attached hydrogens (primary N) is 1. The van der Waals surface area contributed by atoms with Crippen molar-refractivity contribution < 1.29 is 13.2 Å². The molecule has 1 atom stereocenters. The molecule has 0 aliphatic heterocycles. The Morgan fingerprint density at radius 2 is 1.80 bits per heavy atom. The molecule has 0 saturated carbocycles. The van der Waals surface area contributed by atoms with E-state index in [4.69, 9.17) is 5.84 Å². The van der Waals surface area contributed by atoms with Crippen molar-refractivity contribution in [3.05, 3.63) is 30.3 Å². The van der Waals surface area contributed by atoms with Gasteiger partial charge in [0.05, 0.1) is 4.90 Å². The summed E-state index contributed by atoms with van der Waals surface area (Å²) in [7, 11) is -1.86. The van der Waals surface area contributed by atoms with Crippen molar-refractivity contribution in [1.29, 1.82) is 0 Å². The van der Waals surface area contributed by atoms with Gasteiger partial charge in [0, 0.05) is 5.92 Å². The summed E-state index contributed by atoms with van der Waals surface area (Å²) >= 11 is 0. The summed E-state index contributed by atoms with van der Waals surface area (Å²) < 4.78 is 24.4. The molecule has 1 amide bonds. The molecule has 1 aromatic carbocycles. The lowest BCUT2D eigenvalue weighted by Gasteiger charge is -2.03. The maximum atomic E-state index is 11.1. The van der Waals surface area contributed by atoms with Crippen LogP contribution < -0.4 is 16.0 Å². The van der Waals surface area contributed by atoms with Gasteiger partial charge in [-0.05, 0) is 25.6 Å². The number of benzene rings is 1. The van der Waals surface area contributed by atoms with Crippen LogP contribution >= 0.6 is 0 Å². The summed E-state index contributed by atoms with van der Waals surface area (Å²) in [5, 5.41) is 0. The largest absolute Gasteiger partial charge is 0.294 e. The van der Waals surface area contributed by atoms with Crippen molar-refractivity contribution >= 4 is 15.9 Å². The summed E-state index contributed by atoms with van der Waals surface area (Å²) in [6.45, 7) is 3.78. The highest BCUT2D eigenvalue weighted by Gasteiger charge is 2.08. The van der Waals surface area contributed by atoms with Gasteiger partial charge in [-0.25, -0.2) is 19.0 Å². The van der Waals surface area contributed by atoms with Crippen LogP contribution in [0, 0.1) is 5.92 Å². The van der Waals surface area contributed by atoms with Crippen LogP contribution in [0.4, 0.5) is 0 Å². The standard InChI is InChI=1S/C7H9NO2S.C5H12N2O.CH4/c1-8-11(9,10)7-5-3-2-4-6-7;1-3-4(2)5(8)7-6;/h2-6,8H,1H3;4H,3,6H2,1-2H3,(H,7,8);1H4. The van der Waals surface area contributed by atoms with E-state index in [9.17, 15) is 13.2 Å².